The molecular formula is C14H30Ir3N6O7. The molecule has 0 atom stereocenters. The second-order valence-corrected chi connectivity index (χ2v) is 10.4. The van der Waals surface area contributed by atoms with Gasteiger partial charge in [0.05, 0.1) is 0 Å². The van der Waals surface area contributed by atoms with Crippen molar-refractivity contribution in [1.29, 1.82) is 0 Å². The molecule has 0 aromatic heterocycles. The third-order valence-electron chi connectivity index (χ3n) is 3.39. The Morgan fingerprint density at radius 2 is 1.00 bits per heavy atom. The van der Waals surface area contributed by atoms with Crippen molar-refractivity contribution in [3.8, 4) is 0 Å². The maximum atomic E-state index is 11.9. The number of carbonyl (C=O) groups is 3. The van der Waals surface area contributed by atoms with E-state index in [9.17, 15) is 19.5 Å². The first-order valence-electron chi connectivity index (χ1n) is 8.52. The number of carbonyl (C=O) groups excluding carboxylic acids is 3. The number of hydrogen-bond donors (Lipinski definition) is 7. The fourth-order valence-electron chi connectivity index (χ4n) is 1.75. The molecule has 30 heavy (non-hydrogen) atoms. The Kier molecular flexibility index (Phi) is 19.8. The Morgan fingerprint density at radius 1 is 0.700 bits per heavy atom. The van der Waals surface area contributed by atoms with Crippen LogP contribution in [0, 0.1) is 5.41 Å². The average molecular weight is 971 g/mol. The van der Waals surface area contributed by atoms with Crippen molar-refractivity contribution < 1.29 is 88.2 Å². The van der Waals surface area contributed by atoms with Gasteiger partial charge in [-0.15, -0.1) is 0 Å². The molecule has 0 aliphatic rings. The molecule has 0 radical (unpaired) electrons. The van der Waals surface area contributed by atoms with Gasteiger partial charge in [0.1, 0.15) is 0 Å². The van der Waals surface area contributed by atoms with Crippen LogP contribution in [0.15, 0.2) is 0 Å². The van der Waals surface area contributed by atoms with E-state index in [0.29, 0.717) is 19.6 Å². The second-order valence-electron chi connectivity index (χ2n) is 5.78. The Morgan fingerprint density at radius 3 is 1.23 bits per heavy atom. The molecule has 185 valence electrons. The molecule has 13 nitrogen and oxygen atoms in total. The van der Waals surface area contributed by atoms with Crippen LogP contribution < -0.4 is 25.2 Å². The zero-order valence-corrected chi connectivity index (χ0v) is 23.4. The molecule has 0 aliphatic heterocycles. The minimum atomic E-state index is -1.26. The van der Waals surface area contributed by atoms with Crippen LogP contribution in [-0.2, 0) is 83.1 Å². The van der Waals surface area contributed by atoms with Crippen LogP contribution in [0.4, 0.5) is 0 Å². The van der Waals surface area contributed by atoms with Gasteiger partial charge in [0, 0.05) is 0 Å². The Balaban J connectivity index is 4.80. The van der Waals surface area contributed by atoms with Crippen LogP contribution in [0.25, 0.3) is 0 Å². The van der Waals surface area contributed by atoms with Crippen LogP contribution in [-0.4, -0.2) is 69.1 Å². The summed E-state index contributed by atoms with van der Waals surface area (Å²) in [5.74, 6) is -1.52. The molecule has 0 aliphatic carbocycles. The quantitative estimate of drug-likeness (QED) is 0.0376. The summed E-state index contributed by atoms with van der Waals surface area (Å²) in [6.07, 6.45) is 0.304. The average Bonchev–Trinajstić information content (AvgIpc) is 2.74. The van der Waals surface area contributed by atoms with Crippen LogP contribution in [0.2, 0.25) is 0 Å². The summed E-state index contributed by atoms with van der Waals surface area (Å²) < 4.78 is 40.6. The van der Waals surface area contributed by atoms with E-state index in [0.717, 1.165) is 0 Å². The van der Waals surface area contributed by atoms with E-state index in [2.05, 4.69) is 12.0 Å². The Hall–Kier alpha value is 0.0781. The number of hydrogen-bond acceptors (Lipinski definition) is 13. The minimum absolute atomic E-state index is 0.101. The van der Waals surface area contributed by atoms with E-state index in [-0.39, 0.29) is 39.1 Å². The van der Waals surface area contributed by atoms with Crippen molar-refractivity contribution in [3.05, 3.63) is 0 Å². The third kappa shape index (κ3) is 15.8. The van der Waals surface area contributed by atoms with E-state index >= 15 is 0 Å². The van der Waals surface area contributed by atoms with Gasteiger partial charge in [-0.05, 0) is 0 Å². The number of aliphatic hydroxyl groups is 1. The molecule has 0 aromatic rings. The summed E-state index contributed by atoms with van der Waals surface area (Å²) in [5.41, 5.74) is -1.26. The van der Waals surface area contributed by atoms with Gasteiger partial charge in [0.2, 0.25) is 0 Å². The molecule has 0 saturated heterocycles. The first-order valence-corrected chi connectivity index (χ1v) is 16.3. The van der Waals surface area contributed by atoms with Crippen molar-refractivity contribution in [2.24, 2.45) is 18.6 Å². The molecular weight excluding hydrogens is 941 g/mol. The van der Waals surface area contributed by atoms with Gasteiger partial charge < -0.3 is 0 Å². The predicted octanol–water partition coefficient (Wildman–Crippen LogP) is -3.85. The van der Waals surface area contributed by atoms with Crippen molar-refractivity contribution >= 4 is 17.9 Å². The van der Waals surface area contributed by atoms with Gasteiger partial charge in [0.25, 0.3) is 0 Å². The number of nitrogens with two attached hydrogens (primary N) is 3. The molecule has 0 heterocycles. The van der Waals surface area contributed by atoms with E-state index in [1.54, 1.807) is 0 Å². The third-order valence-corrected chi connectivity index (χ3v) is 6.66. The number of nitrogens with one attached hydrogen (secondary N) is 3. The fraction of sp³-hybridized carbons (Fsp3) is 0.786. The van der Waals surface area contributed by atoms with Gasteiger partial charge in [-0.25, -0.2) is 0 Å². The normalized spacial score (nSPS) is 11.6. The van der Waals surface area contributed by atoms with Gasteiger partial charge in [-0.1, -0.05) is 0 Å². The monoisotopic (exact) mass is 973 g/mol. The summed E-state index contributed by atoms with van der Waals surface area (Å²) in [7, 11) is 0. The van der Waals surface area contributed by atoms with Crippen LogP contribution in [0.1, 0.15) is 19.3 Å². The molecule has 16 heteroatoms. The van der Waals surface area contributed by atoms with E-state index in [1.807, 2.05) is 0 Å². The molecule has 0 aromatic carbocycles. The van der Waals surface area contributed by atoms with Crippen molar-refractivity contribution in [2.45, 2.75) is 19.3 Å². The molecule has 10 N–H and O–H groups in total. The molecule has 0 spiro atoms. The van der Waals surface area contributed by atoms with E-state index in [1.165, 1.54) is 0 Å². The Labute approximate surface area is 201 Å². The molecule has 0 fully saturated rings. The standard InChI is InChI=1S/C14H24N3O7.3Ir.3H2N/c15-4-1-11(19)22-8-14(7-18,9-23-12(20)2-5-16)10-24-13(21)3-6-17;;;;;;/h15-18H,1-10H2;;;;3*1H2/q-3;3*+2;3*-1. The van der Waals surface area contributed by atoms with E-state index < -0.39 is 84.5 Å². The Bertz CT molecular complexity index is 442. The topological polar surface area (TPSA) is 213 Å². The van der Waals surface area contributed by atoms with Crippen LogP contribution in [0.3, 0.4) is 0 Å². The van der Waals surface area contributed by atoms with E-state index in [4.69, 9.17) is 27.4 Å². The summed E-state index contributed by atoms with van der Waals surface area (Å²) in [5, 5.41) is 9.91. The van der Waals surface area contributed by atoms with Gasteiger partial charge in [-0.2, -0.15) is 0 Å². The molecule has 0 saturated carbocycles. The summed E-state index contributed by atoms with van der Waals surface area (Å²) in [6.45, 7) is -0.180. The molecule has 0 rings (SSSR count). The second kappa shape index (κ2) is 19.7. The van der Waals surface area contributed by atoms with Gasteiger partial charge in [0.15, 0.2) is 0 Å². The first-order chi connectivity index (χ1) is 14.4. The summed E-state index contributed by atoms with van der Waals surface area (Å²) in [4.78, 5) is 35.7. The van der Waals surface area contributed by atoms with Crippen molar-refractivity contribution in [1.82, 2.24) is 12.0 Å². The zero-order valence-electron chi connectivity index (χ0n) is 16.2. The molecule has 0 unspecified atom stereocenters. The molecule has 0 bridgehead atoms. The van der Waals surface area contributed by atoms with Crippen LogP contribution >= 0.6 is 0 Å². The van der Waals surface area contributed by atoms with Gasteiger partial charge in [-0.3, -0.25) is 0 Å². The van der Waals surface area contributed by atoms with Crippen molar-refractivity contribution in [2.75, 3.05) is 46.1 Å². The zero-order chi connectivity index (χ0) is 22.7. The van der Waals surface area contributed by atoms with Gasteiger partial charge >= 0.3 is 202 Å². The number of aliphatic hydroxyl groups excluding tert-OH is 1. The molecule has 0 amide bonds. The number of rotatable bonds is 19. The predicted molar refractivity (Wildman–Crippen MR) is 92.8 cm³/mol. The SMILES string of the molecule is [NH2][Ir][NH]CCC(=O)OCC(CO)(COC(=O)CC[NH][Ir][NH2])COC(=O)CC[NH][Ir][NH2]. The summed E-state index contributed by atoms with van der Waals surface area (Å²) >= 11 is -2.26. The fourth-order valence-corrected chi connectivity index (χ4v) is 3.69. The maximum absolute atomic E-state index is 11.9. The number of ether oxygens (including phenoxy) is 3. The first kappa shape index (κ1) is 30.1. The van der Waals surface area contributed by atoms with Crippen molar-refractivity contribution in [3.63, 3.8) is 0 Å². The summed E-state index contributed by atoms with van der Waals surface area (Å²) in [6, 6.07) is 0. The van der Waals surface area contributed by atoms with Crippen LogP contribution in [0.5, 0.6) is 0 Å². The number of esters is 3.